The summed E-state index contributed by atoms with van der Waals surface area (Å²) in [6.45, 7) is 4.43. The van der Waals surface area contributed by atoms with Crippen molar-refractivity contribution >= 4 is 7.85 Å². The van der Waals surface area contributed by atoms with E-state index in [2.05, 4.69) is 12.2 Å². The van der Waals surface area contributed by atoms with Gasteiger partial charge in [0.05, 0.1) is 13.4 Å². The summed E-state index contributed by atoms with van der Waals surface area (Å²) in [5.74, 6) is 0. The topological polar surface area (TPSA) is 21.3 Å². The Labute approximate surface area is 101 Å². The molecule has 0 aromatic rings. The van der Waals surface area contributed by atoms with E-state index < -0.39 is 0 Å². The first-order chi connectivity index (χ1) is 7.68. The largest absolute Gasteiger partial charge is 0.375 e. The fourth-order valence-electron chi connectivity index (χ4n) is 3.48. The van der Waals surface area contributed by atoms with Crippen molar-refractivity contribution in [2.45, 2.75) is 57.5 Å². The summed E-state index contributed by atoms with van der Waals surface area (Å²) in [5.41, 5.74) is 0.709. The molecule has 0 amide bonds. The molecule has 1 atom stereocenters. The van der Waals surface area contributed by atoms with Crippen LogP contribution in [0.1, 0.15) is 51.9 Å². The molecular weight excluding hydrogens is 197 g/mol. The Hall–Kier alpha value is -0.0151. The van der Waals surface area contributed by atoms with Crippen LogP contribution in [0.3, 0.4) is 0 Å². The Balaban J connectivity index is 1.89. The number of ether oxygens (including phenoxy) is 1. The summed E-state index contributed by atoms with van der Waals surface area (Å²) >= 11 is 0. The van der Waals surface area contributed by atoms with Gasteiger partial charge >= 0.3 is 0 Å². The Bertz CT molecular complexity index is 228. The third-order valence-corrected chi connectivity index (χ3v) is 4.43. The van der Waals surface area contributed by atoms with Gasteiger partial charge in [0, 0.05) is 6.61 Å². The van der Waals surface area contributed by atoms with Crippen LogP contribution in [0.2, 0.25) is 0 Å². The van der Waals surface area contributed by atoms with Crippen molar-refractivity contribution in [3.05, 3.63) is 0 Å². The Kier molecular flexibility index (Phi) is 3.96. The number of hydrogen-bond donors (Lipinski definition) is 1. The molecular formula is C13H24BNO. The predicted molar refractivity (Wildman–Crippen MR) is 67.7 cm³/mol. The Morgan fingerprint density at radius 1 is 1.25 bits per heavy atom. The van der Waals surface area contributed by atoms with Crippen LogP contribution >= 0.6 is 0 Å². The molecule has 1 N–H and O–H groups in total. The molecule has 0 aromatic heterocycles. The molecule has 1 saturated carbocycles. The molecule has 0 bridgehead atoms. The zero-order chi connectivity index (χ0) is 11.5. The van der Waals surface area contributed by atoms with E-state index in [1.165, 1.54) is 44.9 Å². The number of rotatable bonds is 4. The second-order valence-electron chi connectivity index (χ2n) is 5.93. The smallest absolute Gasteiger partial charge is 0.0859 e. The minimum absolute atomic E-state index is 0.246. The molecule has 1 unspecified atom stereocenters. The molecule has 1 saturated heterocycles. The van der Waals surface area contributed by atoms with Gasteiger partial charge in [-0.25, -0.2) is 0 Å². The minimum atomic E-state index is 0.246. The van der Waals surface area contributed by atoms with Gasteiger partial charge in [-0.2, -0.15) is 0 Å². The third-order valence-electron chi connectivity index (χ3n) is 4.43. The zero-order valence-electron chi connectivity index (χ0n) is 10.6. The molecule has 3 heteroatoms. The highest BCUT2D eigenvalue weighted by molar-refractivity contribution is 6.08. The minimum Gasteiger partial charge on any atom is -0.375 e. The molecule has 1 spiro atoms. The normalized spacial score (nSPS) is 33.3. The highest BCUT2D eigenvalue weighted by Gasteiger charge is 2.44. The lowest BCUT2D eigenvalue weighted by Gasteiger charge is -2.45. The average Bonchev–Trinajstić information content (AvgIpc) is 2.66. The van der Waals surface area contributed by atoms with Gasteiger partial charge in [-0.1, -0.05) is 19.8 Å². The lowest BCUT2D eigenvalue weighted by molar-refractivity contribution is -0.119. The van der Waals surface area contributed by atoms with Crippen LogP contribution < -0.4 is 5.32 Å². The lowest BCUT2D eigenvalue weighted by Crippen LogP contribution is -2.43. The average molecular weight is 221 g/mol. The van der Waals surface area contributed by atoms with E-state index in [9.17, 15) is 0 Å². The van der Waals surface area contributed by atoms with E-state index in [1.807, 2.05) is 0 Å². The van der Waals surface area contributed by atoms with E-state index in [0.29, 0.717) is 11.9 Å². The molecule has 0 aromatic carbocycles. The first-order valence-corrected chi connectivity index (χ1v) is 6.73. The van der Waals surface area contributed by atoms with Crippen LogP contribution in [-0.2, 0) is 4.74 Å². The molecule has 90 valence electrons. The van der Waals surface area contributed by atoms with Gasteiger partial charge < -0.3 is 10.1 Å². The van der Waals surface area contributed by atoms with Crippen molar-refractivity contribution in [2.75, 3.05) is 19.6 Å². The van der Waals surface area contributed by atoms with Gasteiger partial charge in [-0.05, 0) is 50.5 Å². The van der Waals surface area contributed by atoms with Gasteiger partial charge in [0.15, 0.2) is 0 Å². The summed E-state index contributed by atoms with van der Waals surface area (Å²) < 4.78 is 6.08. The van der Waals surface area contributed by atoms with E-state index in [1.54, 1.807) is 0 Å². The van der Waals surface area contributed by atoms with Crippen molar-refractivity contribution in [3.63, 3.8) is 0 Å². The maximum atomic E-state index is 6.08. The molecule has 16 heavy (non-hydrogen) atoms. The van der Waals surface area contributed by atoms with E-state index >= 15 is 0 Å². The maximum absolute atomic E-state index is 6.08. The lowest BCUT2D eigenvalue weighted by atomic mass is 9.71. The highest BCUT2D eigenvalue weighted by Crippen LogP contribution is 2.48. The van der Waals surface area contributed by atoms with E-state index in [0.717, 1.165) is 13.2 Å². The summed E-state index contributed by atoms with van der Waals surface area (Å²) in [7, 11) is 5.47. The van der Waals surface area contributed by atoms with Gasteiger partial charge in [-0.15, -0.1) is 0 Å². The summed E-state index contributed by atoms with van der Waals surface area (Å²) in [4.78, 5) is 0. The Morgan fingerprint density at radius 2 is 2.00 bits per heavy atom. The molecule has 2 rings (SSSR count). The summed E-state index contributed by atoms with van der Waals surface area (Å²) in [5, 5.41) is 3.24. The monoisotopic (exact) mass is 221 g/mol. The summed E-state index contributed by atoms with van der Waals surface area (Å²) in [6.07, 6.45) is 9.58. The fraction of sp³-hybridized carbons (Fsp3) is 1.00. The van der Waals surface area contributed by atoms with Gasteiger partial charge in [0.1, 0.15) is 0 Å². The van der Waals surface area contributed by atoms with Crippen molar-refractivity contribution < 1.29 is 4.74 Å². The standard InChI is InChI=1S/C13H24BNO/c1-12(6-8-15-11-14)7-9-16-13(10-12)4-2-3-5-13/h15H,2-11H2,1H3. The van der Waals surface area contributed by atoms with Crippen molar-refractivity contribution in [1.29, 1.82) is 0 Å². The van der Waals surface area contributed by atoms with E-state index in [-0.39, 0.29) is 5.60 Å². The van der Waals surface area contributed by atoms with Gasteiger partial charge in [0.2, 0.25) is 0 Å². The first-order valence-electron chi connectivity index (χ1n) is 6.73. The van der Waals surface area contributed by atoms with Crippen LogP contribution in [0.5, 0.6) is 0 Å². The van der Waals surface area contributed by atoms with Crippen LogP contribution in [0.4, 0.5) is 0 Å². The van der Waals surface area contributed by atoms with E-state index in [4.69, 9.17) is 12.6 Å². The number of nitrogens with one attached hydrogen (secondary N) is 1. The van der Waals surface area contributed by atoms with Crippen LogP contribution in [0.25, 0.3) is 0 Å². The quantitative estimate of drug-likeness (QED) is 0.580. The van der Waals surface area contributed by atoms with Crippen molar-refractivity contribution in [2.24, 2.45) is 5.41 Å². The maximum Gasteiger partial charge on any atom is 0.0859 e. The first kappa shape index (κ1) is 12.4. The second kappa shape index (κ2) is 5.09. The molecule has 1 aliphatic carbocycles. The van der Waals surface area contributed by atoms with Gasteiger partial charge in [0.25, 0.3) is 0 Å². The van der Waals surface area contributed by atoms with Crippen molar-refractivity contribution in [3.8, 4) is 0 Å². The Morgan fingerprint density at radius 3 is 2.69 bits per heavy atom. The fourth-order valence-corrected chi connectivity index (χ4v) is 3.48. The highest BCUT2D eigenvalue weighted by atomic mass is 16.5. The van der Waals surface area contributed by atoms with Gasteiger partial charge in [-0.3, -0.25) is 0 Å². The SMILES string of the molecule is [B]CNCCC1(C)CCOC2(CCCC2)C1. The molecule has 2 aliphatic rings. The molecule has 1 aliphatic heterocycles. The summed E-state index contributed by atoms with van der Waals surface area (Å²) in [6, 6.07) is 0. The third kappa shape index (κ3) is 2.81. The number of hydrogen-bond acceptors (Lipinski definition) is 2. The molecule has 2 radical (unpaired) electrons. The van der Waals surface area contributed by atoms with Crippen LogP contribution in [0.15, 0.2) is 0 Å². The van der Waals surface area contributed by atoms with Crippen LogP contribution in [-0.4, -0.2) is 33.0 Å². The predicted octanol–water partition coefficient (Wildman–Crippen LogP) is 2.22. The zero-order valence-corrected chi connectivity index (χ0v) is 10.6. The molecule has 2 fully saturated rings. The van der Waals surface area contributed by atoms with Crippen molar-refractivity contribution in [1.82, 2.24) is 5.32 Å². The second-order valence-corrected chi connectivity index (χ2v) is 5.93. The van der Waals surface area contributed by atoms with Crippen LogP contribution in [0, 0.1) is 5.41 Å². The molecule has 1 heterocycles. The molecule has 2 nitrogen and oxygen atoms in total.